The molecular formula is C4H7BF3-. The van der Waals surface area contributed by atoms with Crippen LogP contribution in [-0.4, -0.2) is 6.98 Å². The maximum absolute atomic E-state index is 11.6. The third-order valence-corrected chi connectivity index (χ3v) is 1.66. The van der Waals surface area contributed by atoms with E-state index in [1.807, 2.05) is 0 Å². The molecule has 1 unspecified atom stereocenters. The normalized spacial score (nSPS) is 37.5. The van der Waals surface area contributed by atoms with Crippen molar-refractivity contribution in [2.75, 3.05) is 0 Å². The fraction of sp³-hybridized carbons (Fsp3) is 1.00. The van der Waals surface area contributed by atoms with Crippen LogP contribution < -0.4 is 0 Å². The van der Waals surface area contributed by atoms with Crippen molar-refractivity contribution in [2.24, 2.45) is 5.92 Å². The molecule has 48 valence electrons. The van der Waals surface area contributed by atoms with E-state index in [1.54, 1.807) is 6.92 Å². The van der Waals surface area contributed by atoms with Crippen LogP contribution in [0.4, 0.5) is 12.9 Å². The van der Waals surface area contributed by atoms with Crippen molar-refractivity contribution in [3.8, 4) is 0 Å². The number of hydrogen-bond acceptors (Lipinski definition) is 0. The zero-order valence-corrected chi connectivity index (χ0v) is 4.57. The second-order valence-corrected chi connectivity index (χ2v) is 2.50. The molecule has 0 bridgehead atoms. The molecule has 0 heterocycles. The highest BCUT2D eigenvalue weighted by Gasteiger charge is 2.47. The van der Waals surface area contributed by atoms with Gasteiger partial charge in [0.05, 0.1) is 0 Å². The van der Waals surface area contributed by atoms with Crippen molar-refractivity contribution < 1.29 is 12.9 Å². The van der Waals surface area contributed by atoms with Gasteiger partial charge in [0.25, 0.3) is 0 Å². The van der Waals surface area contributed by atoms with Gasteiger partial charge in [-0.2, -0.15) is 0 Å². The largest absolute Gasteiger partial charge is 0.481 e. The van der Waals surface area contributed by atoms with E-state index in [4.69, 9.17) is 0 Å². The Kier molecular flexibility index (Phi) is 1.06. The van der Waals surface area contributed by atoms with Gasteiger partial charge in [0.15, 0.2) is 0 Å². The SMILES string of the molecule is C[C@@H]1CC1[B-](F)(F)F. The summed E-state index contributed by atoms with van der Waals surface area (Å²) >= 11 is 0. The maximum Gasteiger partial charge on any atom is 0.481 e. The summed E-state index contributed by atoms with van der Waals surface area (Å²) in [4.78, 5) is 0. The Morgan fingerprint density at radius 1 is 1.38 bits per heavy atom. The van der Waals surface area contributed by atoms with Crippen molar-refractivity contribution in [3.05, 3.63) is 0 Å². The topological polar surface area (TPSA) is 0 Å². The van der Waals surface area contributed by atoms with Crippen LogP contribution in [0.3, 0.4) is 0 Å². The molecule has 1 fully saturated rings. The molecule has 8 heavy (non-hydrogen) atoms. The molecule has 1 aliphatic carbocycles. The fourth-order valence-electron chi connectivity index (χ4n) is 0.878. The second-order valence-electron chi connectivity index (χ2n) is 2.50. The molecule has 0 aromatic heterocycles. The molecule has 2 atom stereocenters. The average Bonchev–Trinajstić information content (AvgIpc) is 2.13. The van der Waals surface area contributed by atoms with Crippen LogP contribution in [0.2, 0.25) is 5.82 Å². The molecule has 0 radical (unpaired) electrons. The molecule has 1 rings (SSSR count). The molecule has 0 N–H and O–H groups in total. The minimum atomic E-state index is -4.49. The zero-order valence-electron chi connectivity index (χ0n) is 4.57. The first kappa shape index (κ1) is 5.98. The standard InChI is InChI=1S/C4H7BF3/c1-3-2-4(3)5(6,7)8/h3-4H,2H2,1H3/q-1/t3-,4?/m1/s1. The molecule has 0 aromatic rings. The zero-order chi connectivity index (χ0) is 6.36. The van der Waals surface area contributed by atoms with Gasteiger partial charge in [0.2, 0.25) is 0 Å². The van der Waals surface area contributed by atoms with Gasteiger partial charge in [0.1, 0.15) is 0 Å². The van der Waals surface area contributed by atoms with Gasteiger partial charge in [-0.1, -0.05) is 25.1 Å². The summed E-state index contributed by atoms with van der Waals surface area (Å²) in [5.41, 5.74) is 0. The number of halogens is 3. The highest BCUT2D eigenvalue weighted by Crippen LogP contribution is 2.52. The van der Waals surface area contributed by atoms with E-state index in [1.165, 1.54) is 0 Å². The Bertz CT molecular complexity index is 97.9. The molecule has 0 aliphatic heterocycles. The van der Waals surface area contributed by atoms with E-state index in [0.29, 0.717) is 6.42 Å². The van der Waals surface area contributed by atoms with Crippen LogP contribution in [0.5, 0.6) is 0 Å². The lowest BCUT2D eigenvalue weighted by atomic mass is 9.82. The van der Waals surface area contributed by atoms with Crippen LogP contribution in [0.1, 0.15) is 13.3 Å². The van der Waals surface area contributed by atoms with E-state index in [9.17, 15) is 12.9 Å². The molecular weight excluding hydrogens is 116 g/mol. The van der Waals surface area contributed by atoms with Crippen molar-refractivity contribution >= 4 is 6.98 Å². The minimum absolute atomic E-state index is 0.0880. The fourth-order valence-corrected chi connectivity index (χ4v) is 0.878. The first-order valence-electron chi connectivity index (χ1n) is 2.72. The Morgan fingerprint density at radius 2 is 1.75 bits per heavy atom. The van der Waals surface area contributed by atoms with Gasteiger partial charge in [-0.3, -0.25) is 0 Å². The third-order valence-electron chi connectivity index (χ3n) is 1.66. The summed E-state index contributed by atoms with van der Waals surface area (Å²) in [5.74, 6) is -1.01. The Labute approximate surface area is 46.1 Å². The summed E-state index contributed by atoms with van der Waals surface area (Å²) in [6.07, 6.45) is 0.365. The van der Waals surface area contributed by atoms with E-state index in [-0.39, 0.29) is 5.92 Å². The summed E-state index contributed by atoms with van der Waals surface area (Å²) in [7, 11) is 0. The third kappa shape index (κ3) is 0.982. The molecule has 0 aromatic carbocycles. The minimum Gasteiger partial charge on any atom is -0.449 e. The quantitative estimate of drug-likeness (QED) is 0.469. The van der Waals surface area contributed by atoms with E-state index in [0.717, 1.165) is 0 Å². The number of hydrogen-bond donors (Lipinski definition) is 0. The van der Waals surface area contributed by atoms with E-state index < -0.39 is 12.8 Å². The lowest BCUT2D eigenvalue weighted by molar-refractivity contribution is 0.461. The van der Waals surface area contributed by atoms with E-state index in [2.05, 4.69) is 0 Å². The van der Waals surface area contributed by atoms with Gasteiger partial charge in [0, 0.05) is 0 Å². The average molecular weight is 123 g/mol. The number of rotatable bonds is 1. The first-order valence-corrected chi connectivity index (χ1v) is 2.72. The molecule has 0 amide bonds. The molecule has 0 saturated heterocycles. The first-order chi connectivity index (χ1) is 3.52. The second kappa shape index (κ2) is 1.42. The Hall–Kier alpha value is -0.145. The van der Waals surface area contributed by atoms with Crippen LogP contribution in [-0.2, 0) is 0 Å². The monoisotopic (exact) mass is 123 g/mol. The van der Waals surface area contributed by atoms with Gasteiger partial charge in [-0.05, 0) is 0 Å². The smallest absolute Gasteiger partial charge is 0.449 e. The summed E-state index contributed by atoms with van der Waals surface area (Å²) in [6.45, 7) is -2.85. The molecule has 0 spiro atoms. The molecule has 0 nitrogen and oxygen atoms in total. The highest BCUT2D eigenvalue weighted by atomic mass is 19.4. The predicted octanol–water partition coefficient (Wildman–Crippen LogP) is 2.24. The van der Waals surface area contributed by atoms with Gasteiger partial charge < -0.3 is 12.9 Å². The highest BCUT2D eigenvalue weighted by molar-refractivity contribution is 6.61. The van der Waals surface area contributed by atoms with Gasteiger partial charge >= 0.3 is 6.98 Å². The van der Waals surface area contributed by atoms with Crippen molar-refractivity contribution in [2.45, 2.75) is 19.2 Å². The van der Waals surface area contributed by atoms with Gasteiger partial charge in [-0.25, -0.2) is 0 Å². The van der Waals surface area contributed by atoms with Crippen LogP contribution >= 0.6 is 0 Å². The van der Waals surface area contributed by atoms with Crippen molar-refractivity contribution in [1.82, 2.24) is 0 Å². The molecule has 1 aliphatic rings. The predicted molar refractivity (Wildman–Crippen MR) is 26.6 cm³/mol. The summed E-state index contributed by atoms with van der Waals surface area (Å²) < 4.78 is 34.7. The summed E-state index contributed by atoms with van der Waals surface area (Å²) in [6, 6.07) is 0. The van der Waals surface area contributed by atoms with Gasteiger partial charge in [-0.15, -0.1) is 0 Å². The van der Waals surface area contributed by atoms with Crippen molar-refractivity contribution in [1.29, 1.82) is 0 Å². The lowest BCUT2D eigenvalue weighted by Gasteiger charge is -2.10. The molecule has 4 heteroatoms. The van der Waals surface area contributed by atoms with Crippen LogP contribution in [0.25, 0.3) is 0 Å². The maximum atomic E-state index is 11.6. The van der Waals surface area contributed by atoms with Crippen LogP contribution in [0.15, 0.2) is 0 Å². The molecule has 1 saturated carbocycles. The summed E-state index contributed by atoms with van der Waals surface area (Å²) in [5, 5.41) is 0. The van der Waals surface area contributed by atoms with Crippen molar-refractivity contribution in [3.63, 3.8) is 0 Å². The Morgan fingerprint density at radius 3 is 1.75 bits per heavy atom. The van der Waals surface area contributed by atoms with E-state index >= 15 is 0 Å². The lowest BCUT2D eigenvalue weighted by Crippen LogP contribution is -2.15. The Balaban J connectivity index is 2.39. The van der Waals surface area contributed by atoms with Crippen LogP contribution in [0, 0.1) is 5.92 Å².